The van der Waals surface area contributed by atoms with Crippen molar-refractivity contribution in [3.05, 3.63) is 0 Å². The normalized spacial score (nSPS) is 33.5. The number of hydrogen-bond donors (Lipinski definition) is 1. The van der Waals surface area contributed by atoms with E-state index < -0.39 is 23.7 Å². The van der Waals surface area contributed by atoms with Gasteiger partial charge in [0.15, 0.2) is 0 Å². The average molecular weight is 509 g/mol. The lowest BCUT2D eigenvalue weighted by Crippen LogP contribution is -2.55. The lowest BCUT2D eigenvalue weighted by atomic mass is 9.56. The van der Waals surface area contributed by atoms with Crippen LogP contribution in [0.3, 0.4) is 0 Å². The number of thioether (sulfide) groups is 1. The maximum Gasteiger partial charge on any atom is 0.329 e. The third-order valence-corrected chi connectivity index (χ3v) is 9.76. The van der Waals surface area contributed by atoms with Gasteiger partial charge in [-0.2, -0.15) is 11.8 Å². The van der Waals surface area contributed by atoms with Crippen molar-refractivity contribution < 1.29 is 23.9 Å². The summed E-state index contributed by atoms with van der Waals surface area (Å²) in [6, 6.07) is -1.70. The second kappa shape index (κ2) is 10.6. The predicted molar refractivity (Wildman–Crippen MR) is 137 cm³/mol. The number of hydrogen-bond acceptors (Lipinski definition) is 7. The topological polar surface area (TPSA) is 84.9 Å². The molecule has 0 aromatic rings. The zero-order valence-corrected chi connectivity index (χ0v) is 23.0. The molecule has 0 aromatic heterocycles. The minimum absolute atomic E-state index is 0.160. The van der Waals surface area contributed by atoms with E-state index in [4.69, 9.17) is 9.47 Å². The van der Waals surface area contributed by atoms with Gasteiger partial charge in [-0.3, -0.25) is 14.9 Å². The summed E-state index contributed by atoms with van der Waals surface area (Å²) in [6.45, 7) is 9.94. The third-order valence-electron chi connectivity index (χ3n) is 8.15. The van der Waals surface area contributed by atoms with Crippen molar-refractivity contribution in [3.8, 4) is 0 Å². The molecule has 4 aliphatic carbocycles. The Hall–Kier alpha value is -1.28. The number of amides is 1. The summed E-state index contributed by atoms with van der Waals surface area (Å²) in [6.07, 6.45) is 9.33. The van der Waals surface area contributed by atoms with Gasteiger partial charge in [-0.1, -0.05) is 0 Å². The van der Waals surface area contributed by atoms with Crippen LogP contribution in [0.4, 0.5) is 0 Å². The lowest BCUT2D eigenvalue weighted by molar-refractivity contribution is -0.163. The summed E-state index contributed by atoms with van der Waals surface area (Å²) >= 11 is 1.93. The smallest absolute Gasteiger partial charge is 0.329 e. The van der Waals surface area contributed by atoms with Crippen LogP contribution in [0.15, 0.2) is 0 Å². The van der Waals surface area contributed by atoms with Crippen LogP contribution in [-0.4, -0.2) is 70.1 Å². The number of rotatable bonds is 9. The van der Waals surface area contributed by atoms with E-state index in [2.05, 4.69) is 5.32 Å². The number of carbonyl (C=O) groups is 3. The third kappa shape index (κ3) is 6.35. The maximum absolute atomic E-state index is 13.4. The van der Waals surface area contributed by atoms with Gasteiger partial charge in [0, 0.05) is 17.0 Å². The van der Waals surface area contributed by atoms with Crippen LogP contribution in [0.5, 0.6) is 0 Å². The minimum atomic E-state index is -0.595. The van der Waals surface area contributed by atoms with Gasteiger partial charge in [0.05, 0.1) is 12.6 Å². The van der Waals surface area contributed by atoms with Crippen LogP contribution in [0.2, 0.25) is 0 Å². The van der Waals surface area contributed by atoms with Crippen LogP contribution in [-0.2, 0) is 23.9 Å². The molecule has 35 heavy (non-hydrogen) atoms. The Morgan fingerprint density at radius 2 is 1.69 bits per heavy atom. The zero-order valence-electron chi connectivity index (χ0n) is 22.1. The van der Waals surface area contributed by atoms with Crippen molar-refractivity contribution >= 4 is 29.6 Å². The van der Waals surface area contributed by atoms with Crippen molar-refractivity contribution in [2.75, 3.05) is 18.9 Å². The van der Waals surface area contributed by atoms with Crippen LogP contribution >= 0.6 is 11.8 Å². The zero-order chi connectivity index (χ0) is 25.4. The first-order valence-electron chi connectivity index (χ1n) is 13.6. The van der Waals surface area contributed by atoms with Crippen LogP contribution < -0.4 is 5.32 Å². The first kappa shape index (κ1) is 26.8. The summed E-state index contributed by atoms with van der Waals surface area (Å²) in [5.41, 5.74) is -0.595. The Morgan fingerprint density at radius 1 is 1.09 bits per heavy atom. The van der Waals surface area contributed by atoms with Gasteiger partial charge < -0.3 is 14.4 Å². The SMILES string of the molecule is CCOC(=O)[C@H](CSC12CC3CC(CC(C3)C1)C2)NC(C)C(=O)N1CCC[C@H]1C(=O)OC(C)(C)C. The monoisotopic (exact) mass is 508 g/mol. The van der Waals surface area contributed by atoms with Crippen molar-refractivity contribution in [2.45, 2.75) is 114 Å². The Bertz CT molecular complexity index is 775. The Kier molecular flexibility index (Phi) is 8.11. The second-order valence-electron chi connectivity index (χ2n) is 12.3. The highest BCUT2D eigenvalue weighted by atomic mass is 32.2. The predicted octanol–water partition coefficient (Wildman–Crippen LogP) is 3.93. The average Bonchev–Trinajstić information content (AvgIpc) is 3.24. The quantitative estimate of drug-likeness (QED) is 0.472. The Labute approximate surface area is 214 Å². The summed E-state index contributed by atoms with van der Waals surface area (Å²) in [5, 5.41) is 3.28. The number of ether oxygens (including phenoxy) is 2. The molecule has 1 unspecified atom stereocenters. The van der Waals surface area contributed by atoms with Crippen molar-refractivity contribution in [1.82, 2.24) is 10.2 Å². The molecule has 0 aromatic carbocycles. The summed E-state index contributed by atoms with van der Waals surface area (Å²) < 4.78 is 11.2. The summed E-state index contributed by atoms with van der Waals surface area (Å²) in [4.78, 5) is 40.6. The number of carbonyl (C=O) groups excluding carboxylic acids is 3. The summed E-state index contributed by atoms with van der Waals surface area (Å²) in [7, 11) is 0. The van der Waals surface area contributed by atoms with E-state index >= 15 is 0 Å². The minimum Gasteiger partial charge on any atom is -0.465 e. The van der Waals surface area contributed by atoms with E-state index in [1.54, 1.807) is 11.8 Å². The number of nitrogens with one attached hydrogen (secondary N) is 1. The fraction of sp³-hybridized carbons (Fsp3) is 0.889. The molecule has 1 saturated heterocycles. The van der Waals surface area contributed by atoms with Gasteiger partial charge in [0.1, 0.15) is 17.7 Å². The Morgan fingerprint density at radius 3 is 2.23 bits per heavy atom. The summed E-state index contributed by atoms with van der Waals surface area (Å²) in [5.74, 6) is 2.35. The van der Waals surface area contributed by atoms with Crippen LogP contribution in [0.25, 0.3) is 0 Å². The van der Waals surface area contributed by atoms with E-state index in [0.29, 0.717) is 25.3 Å². The second-order valence-corrected chi connectivity index (χ2v) is 13.8. The van der Waals surface area contributed by atoms with Crippen LogP contribution in [0.1, 0.15) is 86.0 Å². The van der Waals surface area contributed by atoms with Gasteiger partial charge >= 0.3 is 11.9 Å². The molecule has 5 rings (SSSR count). The largest absolute Gasteiger partial charge is 0.465 e. The molecule has 5 fully saturated rings. The Balaban J connectivity index is 1.38. The van der Waals surface area contributed by atoms with E-state index in [-0.39, 0.29) is 22.6 Å². The van der Waals surface area contributed by atoms with Crippen molar-refractivity contribution in [1.29, 1.82) is 0 Å². The van der Waals surface area contributed by atoms with E-state index in [0.717, 1.165) is 24.2 Å². The molecule has 0 spiro atoms. The fourth-order valence-electron chi connectivity index (χ4n) is 7.16. The number of likely N-dealkylation sites (tertiary alicyclic amines) is 1. The molecule has 1 N–H and O–H groups in total. The van der Waals surface area contributed by atoms with Gasteiger partial charge in [-0.15, -0.1) is 0 Å². The number of nitrogens with zero attached hydrogens (tertiary/aromatic N) is 1. The van der Waals surface area contributed by atoms with Crippen molar-refractivity contribution in [2.24, 2.45) is 17.8 Å². The van der Waals surface area contributed by atoms with Gasteiger partial charge in [0.2, 0.25) is 5.91 Å². The molecule has 1 aliphatic heterocycles. The van der Waals surface area contributed by atoms with Gasteiger partial charge in [-0.25, -0.2) is 4.79 Å². The molecule has 7 nitrogen and oxygen atoms in total. The van der Waals surface area contributed by atoms with Gasteiger partial charge in [-0.05, 0) is 104 Å². The fourth-order valence-corrected chi connectivity index (χ4v) is 8.98. The highest BCUT2D eigenvalue weighted by Gasteiger charge is 2.51. The molecule has 4 bridgehead atoms. The number of esters is 2. The molecular weight excluding hydrogens is 464 g/mol. The standard InChI is InChI=1S/C27H44N2O5S/c1-6-33-24(31)21(16-35-27-13-18-10-19(14-27)12-20(11-18)15-27)28-17(2)23(30)29-9-7-8-22(29)25(32)34-26(3,4)5/h17-22,28H,6-16H2,1-5H3/t17?,18?,19?,20?,21-,22-,27?/m0/s1. The van der Waals surface area contributed by atoms with E-state index in [1.165, 1.54) is 38.5 Å². The highest BCUT2D eigenvalue weighted by Crippen LogP contribution is 2.60. The molecule has 0 radical (unpaired) electrons. The molecule has 8 heteroatoms. The molecule has 3 atom stereocenters. The molecule has 4 saturated carbocycles. The van der Waals surface area contributed by atoms with Crippen molar-refractivity contribution in [3.63, 3.8) is 0 Å². The molecule has 198 valence electrons. The molecule has 5 aliphatic rings. The first-order valence-corrected chi connectivity index (χ1v) is 14.6. The van der Waals surface area contributed by atoms with E-state index in [1.807, 2.05) is 39.5 Å². The molecule has 1 amide bonds. The van der Waals surface area contributed by atoms with Gasteiger partial charge in [0.25, 0.3) is 0 Å². The maximum atomic E-state index is 13.4. The molecular formula is C27H44N2O5S. The first-order chi connectivity index (χ1) is 16.5. The highest BCUT2D eigenvalue weighted by molar-refractivity contribution is 8.00. The lowest BCUT2D eigenvalue weighted by Gasteiger charge is -2.56. The molecule has 1 heterocycles. The van der Waals surface area contributed by atoms with Crippen LogP contribution in [0, 0.1) is 17.8 Å². The van der Waals surface area contributed by atoms with E-state index in [9.17, 15) is 14.4 Å².